The molecule has 7 heteroatoms. The van der Waals surface area contributed by atoms with E-state index in [-0.39, 0.29) is 0 Å². The standard InChI is InChI=1S/C13H9N5S2/c1-7-16-11-13(19-7)17-8(6-15-11)5-10-18-9-3-2-4-14-12(9)20-10/h2-4,6H,5H2,1H3. The van der Waals surface area contributed by atoms with Gasteiger partial charge in [-0.05, 0) is 19.1 Å². The Kier molecular flexibility index (Phi) is 2.68. The number of rotatable bonds is 2. The van der Waals surface area contributed by atoms with Crippen molar-refractivity contribution in [3.05, 3.63) is 40.2 Å². The number of nitrogens with zero attached hydrogens (tertiary/aromatic N) is 5. The van der Waals surface area contributed by atoms with Gasteiger partial charge in [0, 0.05) is 12.6 Å². The number of fused-ring (bicyclic) bond motifs is 2. The monoisotopic (exact) mass is 299 g/mol. The van der Waals surface area contributed by atoms with Gasteiger partial charge >= 0.3 is 0 Å². The highest BCUT2D eigenvalue weighted by Crippen LogP contribution is 2.22. The second kappa shape index (κ2) is 4.53. The fourth-order valence-electron chi connectivity index (χ4n) is 1.99. The zero-order chi connectivity index (χ0) is 13.5. The van der Waals surface area contributed by atoms with Crippen LogP contribution < -0.4 is 0 Å². The minimum Gasteiger partial charge on any atom is -0.244 e. The van der Waals surface area contributed by atoms with Gasteiger partial charge < -0.3 is 0 Å². The maximum Gasteiger partial charge on any atom is 0.189 e. The van der Waals surface area contributed by atoms with Gasteiger partial charge in [0.15, 0.2) is 10.5 Å². The van der Waals surface area contributed by atoms with Crippen molar-refractivity contribution >= 4 is 43.5 Å². The van der Waals surface area contributed by atoms with E-state index in [2.05, 4.69) is 24.9 Å². The highest BCUT2D eigenvalue weighted by Gasteiger charge is 2.09. The van der Waals surface area contributed by atoms with Gasteiger partial charge in [-0.1, -0.05) is 22.7 Å². The molecule has 5 nitrogen and oxygen atoms in total. The summed E-state index contributed by atoms with van der Waals surface area (Å²) >= 11 is 3.17. The quantitative estimate of drug-likeness (QED) is 0.569. The lowest BCUT2D eigenvalue weighted by Crippen LogP contribution is -1.93. The molecule has 20 heavy (non-hydrogen) atoms. The molecule has 0 aromatic carbocycles. The number of aromatic nitrogens is 5. The minimum absolute atomic E-state index is 0.681. The van der Waals surface area contributed by atoms with Crippen molar-refractivity contribution in [2.45, 2.75) is 13.3 Å². The number of thiazole rings is 2. The molecule has 0 amide bonds. The molecule has 0 aliphatic carbocycles. The molecule has 4 aromatic rings. The van der Waals surface area contributed by atoms with Crippen molar-refractivity contribution < 1.29 is 0 Å². The lowest BCUT2D eigenvalue weighted by atomic mass is 10.3. The fraction of sp³-hybridized carbons (Fsp3) is 0.154. The summed E-state index contributed by atoms with van der Waals surface area (Å²) in [5.41, 5.74) is 2.58. The summed E-state index contributed by atoms with van der Waals surface area (Å²) in [5, 5.41) is 2.00. The van der Waals surface area contributed by atoms with Gasteiger partial charge in [-0.25, -0.2) is 24.9 Å². The smallest absolute Gasteiger partial charge is 0.189 e. The SMILES string of the molecule is Cc1nc2ncc(Cc3nc4cccnc4s3)nc2s1. The van der Waals surface area contributed by atoms with Crippen molar-refractivity contribution in [3.63, 3.8) is 0 Å². The van der Waals surface area contributed by atoms with E-state index in [1.807, 2.05) is 19.1 Å². The largest absolute Gasteiger partial charge is 0.244 e. The van der Waals surface area contributed by atoms with Crippen LogP contribution in [0.15, 0.2) is 24.5 Å². The first kappa shape index (κ1) is 11.8. The molecule has 0 unspecified atom stereocenters. The van der Waals surface area contributed by atoms with E-state index in [0.29, 0.717) is 6.42 Å². The Morgan fingerprint density at radius 3 is 2.90 bits per heavy atom. The summed E-state index contributed by atoms with van der Waals surface area (Å²) in [6.45, 7) is 1.97. The van der Waals surface area contributed by atoms with Gasteiger partial charge in [-0.2, -0.15) is 0 Å². The third-order valence-corrected chi connectivity index (χ3v) is 4.66. The zero-order valence-corrected chi connectivity index (χ0v) is 12.2. The number of aryl methyl sites for hydroxylation is 1. The van der Waals surface area contributed by atoms with Crippen LogP contribution in [-0.4, -0.2) is 24.9 Å². The van der Waals surface area contributed by atoms with E-state index >= 15 is 0 Å². The number of pyridine rings is 1. The Bertz CT molecular complexity index is 878. The van der Waals surface area contributed by atoms with Crippen LogP contribution in [0, 0.1) is 6.92 Å². The average Bonchev–Trinajstić information content (AvgIpc) is 2.99. The van der Waals surface area contributed by atoms with Gasteiger partial charge in [0.25, 0.3) is 0 Å². The highest BCUT2D eigenvalue weighted by molar-refractivity contribution is 7.18. The predicted octanol–water partition coefficient (Wildman–Crippen LogP) is 2.99. The molecular formula is C13H9N5S2. The number of hydrogen-bond donors (Lipinski definition) is 0. The lowest BCUT2D eigenvalue weighted by Gasteiger charge is -1.95. The van der Waals surface area contributed by atoms with Crippen LogP contribution >= 0.6 is 22.7 Å². The molecular weight excluding hydrogens is 290 g/mol. The van der Waals surface area contributed by atoms with Gasteiger partial charge in [0.1, 0.15) is 15.4 Å². The van der Waals surface area contributed by atoms with Crippen LogP contribution in [0.5, 0.6) is 0 Å². The fourth-order valence-corrected chi connectivity index (χ4v) is 3.67. The van der Waals surface area contributed by atoms with E-state index in [1.54, 1.807) is 35.1 Å². The molecule has 0 saturated heterocycles. The highest BCUT2D eigenvalue weighted by atomic mass is 32.1. The molecule has 0 bridgehead atoms. The summed E-state index contributed by atoms with van der Waals surface area (Å²) in [7, 11) is 0. The maximum atomic E-state index is 4.60. The summed E-state index contributed by atoms with van der Waals surface area (Å²) in [4.78, 5) is 24.0. The molecule has 0 aliphatic rings. The third-order valence-electron chi connectivity index (χ3n) is 2.82. The molecule has 4 aromatic heterocycles. The molecule has 98 valence electrons. The van der Waals surface area contributed by atoms with Crippen molar-refractivity contribution in [2.24, 2.45) is 0 Å². The molecule has 0 aliphatic heterocycles. The Balaban J connectivity index is 1.72. The second-order valence-electron chi connectivity index (χ2n) is 4.34. The van der Waals surface area contributed by atoms with E-state index in [9.17, 15) is 0 Å². The third kappa shape index (κ3) is 2.04. The van der Waals surface area contributed by atoms with Crippen molar-refractivity contribution in [1.29, 1.82) is 0 Å². The molecule has 0 N–H and O–H groups in total. The second-order valence-corrected chi connectivity index (χ2v) is 6.58. The van der Waals surface area contributed by atoms with Crippen LogP contribution in [0.2, 0.25) is 0 Å². The van der Waals surface area contributed by atoms with Crippen LogP contribution in [-0.2, 0) is 6.42 Å². The Morgan fingerprint density at radius 1 is 1.05 bits per heavy atom. The Morgan fingerprint density at radius 2 is 2.00 bits per heavy atom. The Hall–Kier alpha value is -1.99. The van der Waals surface area contributed by atoms with E-state index in [4.69, 9.17) is 0 Å². The van der Waals surface area contributed by atoms with Gasteiger partial charge in [-0.15, -0.1) is 0 Å². The summed E-state index contributed by atoms with van der Waals surface area (Å²) in [6.07, 6.45) is 4.25. The molecule has 0 atom stereocenters. The van der Waals surface area contributed by atoms with Crippen LogP contribution in [0.25, 0.3) is 20.8 Å². The zero-order valence-electron chi connectivity index (χ0n) is 10.6. The van der Waals surface area contributed by atoms with Crippen molar-refractivity contribution in [1.82, 2.24) is 24.9 Å². The summed E-state index contributed by atoms with van der Waals surface area (Å²) in [5.74, 6) is 0. The van der Waals surface area contributed by atoms with Crippen molar-refractivity contribution in [3.8, 4) is 0 Å². The molecule has 0 saturated carbocycles. The summed E-state index contributed by atoms with van der Waals surface area (Å²) < 4.78 is 0. The normalized spacial score (nSPS) is 11.4. The lowest BCUT2D eigenvalue weighted by molar-refractivity contribution is 1.05. The van der Waals surface area contributed by atoms with Gasteiger partial charge in [-0.3, -0.25) is 0 Å². The minimum atomic E-state index is 0.681. The van der Waals surface area contributed by atoms with Crippen molar-refractivity contribution in [2.75, 3.05) is 0 Å². The average molecular weight is 299 g/mol. The Labute approximate surface area is 122 Å². The van der Waals surface area contributed by atoms with Gasteiger partial charge in [0.2, 0.25) is 0 Å². The predicted molar refractivity (Wildman–Crippen MR) is 80.2 cm³/mol. The molecule has 4 rings (SSSR count). The topological polar surface area (TPSA) is 64.5 Å². The molecule has 0 spiro atoms. The molecule has 0 fully saturated rings. The van der Waals surface area contributed by atoms with Crippen LogP contribution in [0.1, 0.15) is 15.7 Å². The first-order valence-corrected chi connectivity index (χ1v) is 7.71. The van der Waals surface area contributed by atoms with Crippen LogP contribution in [0.3, 0.4) is 0 Å². The first-order valence-electron chi connectivity index (χ1n) is 6.07. The first-order chi connectivity index (χ1) is 9.78. The van der Waals surface area contributed by atoms with E-state index in [1.165, 1.54) is 0 Å². The van der Waals surface area contributed by atoms with Crippen LogP contribution in [0.4, 0.5) is 0 Å². The molecule has 0 radical (unpaired) electrons. The van der Waals surface area contributed by atoms with E-state index in [0.717, 1.165) is 36.5 Å². The molecule has 4 heterocycles. The maximum absolute atomic E-state index is 4.60. The summed E-state index contributed by atoms with van der Waals surface area (Å²) in [6, 6.07) is 3.88. The van der Waals surface area contributed by atoms with Gasteiger partial charge in [0.05, 0.1) is 16.9 Å². The van der Waals surface area contributed by atoms with E-state index < -0.39 is 0 Å². The number of hydrogen-bond acceptors (Lipinski definition) is 7.